The summed E-state index contributed by atoms with van der Waals surface area (Å²) in [6.07, 6.45) is 1.38. The highest BCUT2D eigenvalue weighted by atomic mass is 32.1. The molecule has 0 bridgehead atoms. The van der Waals surface area contributed by atoms with Crippen LogP contribution in [0.5, 0.6) is 0 Å². The van der Waals surface area contributed by atoms with E-state index in [1.165, 1.54) is 11.1 Å². The Morgan fingerprint density at radius 3 is 2.77 bits per heavy atom. The molecule has 0 aliphatic carbocycles. The molecule has 1 N–H and O–H groups in total. The van der Waals surface area contributed by atoms with Crippen molar-refractivity contribution in [1.29, 1.82) is 0 Å². The van der Waals surface area contributed by atoms with Crippen LogP contribution in [-0.2, 0) is 0 Å². The van der Waals surface area contributed by atoms with Crippen molar-refractivity contribution in [3.63, 3.8) is 0 Å². The van der Waals surface area contributed by atoms with Crippen LogP contribution in [0.2, 0.25) is 0 Å². The average molecular weight is 198 g/mol. The van der Waals surface area contributed by atoms with E-state index in [9.17, 15) is 10.0 Å². The fourth-order valence-corrected chi connectivity index (χ4v) is 1.10. The topological polar surface area (TPSA) is 45.5 Å². The average Bonchev–Trinajstić information content (AvgIpc) is 2.08. The fraction of sp³-hybridized carbons (Fsp3) is 0.250. The Morgan fingerprint density at radius 2 is 2.23 bits per heavy atom. The van der Waals surface area contributed by atoms with Gasteiger partial charge in [0.05, 0.1) is 5.56 Å². The zero-order valence-electron chi connectivity index (χ0n) is 7.39. The number of amides is 1. The molecule has 70 valence electrons. The summed E-state index contributed by atoms with van der Waals surface area (Å²) in [6, 6.07) is 3.14. The van der Waals surface area contributed by atoms with Crippen LogP contribution in [0, 0.1) is 4.64 Å². The van der Waals surface area contributed by atoms with E-state index >= 15 is 0 Å². The van der Waals surface area contributed by atoms with E-state index in [0.717, 1.165) is 4.73 Å². The SMILES string of the molecule is CN(C)C(=O)c1cccn(O)c1=S. The Labute approximate surface area is 81.0 Å². The Morgan fingerprint density at radius 1 is 1.62 bits per heavy atom. The second-order valence-electron chi connectivity index (χ2n) is 2.77. The van der Waals surface area contributed by atoms with E-state index in [-0.39, 0.29) is 10.5 Å². The molecule has 4 nitrogen and oxygen atoms in total. The van der Waals surface area contributed by atoms with E-state index in [2.05, 4.69) is 0 Å². The van der Waals surface area contributed by atoms with Gasteiger partial charge in [0.25, 0.3) is 5.91 Å². The Balaban J connectivity index is 3.24. The quantitative estimate of drug-likeness (QED) is 0.544. The first-order valence-corrected chi connectivity index (χ1v) is 4.07. The highest BCUT2D eigenvalue weighted by Gasteiger charge is 2.10. The smallest absolute Gasteiger partial charge is 0.256 e. The third-order valence-electron chi connectivity index (χ3n) is 1.57. The molecule has 0 saturated carbocycles. The number of rotatable bonds is 1. The van der Waals surface area contributed by atoms with Crippen LogP contribution >= 0.6 is 12.2 Å². The minimum Gasteiger partial charge on any atom is -0.428 e. The molecule has 0 saturated heterocycles. The monoisotopic (exact) mass is 198 g/mol. The molecule has 0 spiro atoms. The largest absolute Gasteiger partial charge is 0.428 e. The third-order valence-corrected chi connectivity index (χ3v) is 1.97. The van der Waals surface area contributed by atoms with Gasteiger partial charge >= 0.3 is 0 Å². The van der Waals surface area contributed by atoms with Crippen LogP contribution in [0.1, 0.15) is 10.4 Å². The van der Waals surface area contributed by atoms with E-state index in [0.29, 0.717) is 5.56 Å². The zero-order chi connectivity index (χ0) is 10.0. The van der Waals surface area contributed by atoms with Crippen molar-refractivity contribution in [3.8, 4) is 0 Å². The van der Waals surface area contributed by atoms with Crippen molar-refractivity contribution < 1.29 is 10.0 Å². The number of pyridine rings is 1. The van der Waals surface area contributed by atoms with E-state index < -0.39 is 0 Å². The normalized spacial score (nSPS) is 9.69. The van der Waals surface area contributed by atoms with Gasteiger partial charge in [-0.05, 0) is 12.1 Å². The van der Waals surface area contributed by atoms with Gasteiger partial charge in [-0.2, -0.15) is 4.73 Å². The van der Waals surface area contributed by atoms with E-state index in [4.69, 9.17) is 12.2 Å². The van der Waals surface area contributed by atoms with Gasteiger partial charge in [-0.15, -0.1) is 0 Å². The van der Waals surface area contributed by atoms with Crippen LogP contribution in [0.25, 0.3) is 0 Å². The fourth-order valence-electron chi connectivity index (χ4n) is 0.887. The first-order chi connectivity index (χ1) is 6.04. The summed E-state index contributed by atoms with van der Waals surface area (Å²) in [6.45, 7) is 0. The number of hydrogen-bond acceptors (Lipinski definition) is 3. The first kappa shape index (κ1) is 9.73. The molecule has 13 heavy (non-hydrogen) atoms. The third kappa shape index (κ3) is 1.86. The van der Waals surface area contributed by atoms with Crippen LogP contribution < -0.4 is 0 Å². The Bertz CT molecular complexity index is 384. The molecule has 0 aromatic carbocycles. The maximum Gasteiger partial charge on any atom is 0.256 e. The zero-order valence-corrected chi connectivity index (χ0v) is 8.21. The Hall–Kier alpha value is -1.36. The molecule has 1 heterocycles. The van der Waals surface area contributed by atoms with Crippen LogP contribution in [0.4, 0.5) is 0 Å². The van der Waals surface area contributed by atoms with Crippen molar-refractivity contribution >= 4 is 18.1 Å². The Kier molecular flexibility index (Phi) is 2.67. The highest BCUT2D eigenvalue weighted by molar-refractivity contribution is 7.71. The van der Waals surface area contributed by atoms with Crippen molar-refractivity contribution in [1.82, 2.24) is 9.63 Å². The summed E-state index contributed by atoms with van der Waals surface area (Å²) in [7, 11) is 3.26. The number of aromatic nitrogens is 1. The van der Waals surface area contributed by atoms with Gasteiger partial charge in [-0.3, -0.25) is 4.79 Å². The van der Waals surface area contributed by atoms with E-state index in [1.807, 2.05) is 0 Å². The lowest BCUT2D eigenvalue weighted by atomic mass is 10.2. The molecular formula is C8H10N2O2S. The maximum absolute atomic E-state index is 11.5. The molecule has 0 fully saturated rings. The highest BCUT2D eigenvalue weighted by Crippen LogP contribution is 2.04. The molecular weight excluding hydrogens is 188 g/mol. The van der Waals surface area contributed by atoms with Crippen LogP contribution in [0.15, 0.2) is 18.3 Å². The van der Waals surface area contributed by atoms with Crippen LogP contribution in [-0.4, -0.2) is 34.8 Å². The van der Waals surface area contributed by atoms with Gasteiger partial charge in [0.15, 0.2) is 4.64 Å². The minimum absolute atomic E-state index is 0.126. The molecule has 5 heteroatoms. The molecule has 1 amide bonds. The summed E-state index contributed by atoms with van der Waals surface area (Å²) in [5.41, 5.74) is 0.324. The van der Waals surface area contributed by atoms with Gasteiger partial charge in [0.1, 0.15) is 0 Å². The number of nitrogens with zero attached hydrogens (tertiary/aromatic N) is 2. The van der Waals surface area contributed by atoms with Crippen molar-refractivity contribution in [3.05, 3.63) is 28.5 Å². The van der Waals surface area contributed by atoms with E-state index in [1.54, 1.807) is 26.2 Å². The van der Waals surface area contributed by atoms with Gasteiger partial charge in [0.2, 0.25) is 0 Å². The molecule has 1 rings (SSSR count). The van der Waals surface area contributed by atoms with Crippen molar-refractivity contribution in [2.24, 2.45) is 0 Å². The van der Waals surface area contributed by atoms with Crippen molar-refractivity contribution in [2.45, 2.75) is 0 Å². The maximum atomic E-state index is 11.5. The lowest BCUT2D eigenvalue weighted by molar-refractivity contribution is 0.0820. The first-order valence-electron chi connectivity index (χ1n) is 3.66. The predicted molar refractivity (Wildman–Crippen MR) is 50.5 cm³/mol. The van der Waals surface area contributed by atoms with Crippen molar-refractivity contribution in [2.75, 3.05) is 14.1 Å². The molecule has 0 unspecified atom stereocenters. The van der Waals surface area contributed by atoms with Gasteiger partial charge in [-0.25, -0.2) is 0 Å². The minimum atomic E-state index is -0.214. The van der Waals surface area contributed by atoms with Crippen LogP contribution in [0.3, 0.4) is 0 Å². The predicted octanol–water partition coefficient (Wildman–Crippen LogP) is 1.16. The molecule has 0 aliphatic heterocycles. The number of carbonyl (C=O) groups excluding carboxylic acids is 1. The lowest BCUT2D eigenvalue weighted by Crippen LogP contribution is -2.22. The standard InChI is InChI=1S/C8H10N2O2S/c1-9(2)7(11)6-4-3-5-10(12)8(6)13/h3-5,12H,1-2H3. The summed E-state index contributed by atoms with van der Waals surface area (Å²) in [5.74, 6) is -0.214. The summed E-state index contributed by atoms with van der Waals surface area (Å²) in [5, 5.41) is 9.17. The van der Waals surface area contributed by atoms with Gasteiger partial charge < -0.3 is 10.1 Å². The number of hydrogen-bond donors (Lipinski definition) is 1. The van der Waals surface area contributed by atoms with Gasteiger partial charge in [-0.1, -0.05) is 12.2 Å². The lowest BCUT2D eigenvalue weighted by Gasteiger charge is -2.10. The second-order valence-corrected chi connectivity index (χ2v) is 3.16. The second kappa shape index (κ2) is 3.57. The van der Waals surface area contributed by atoms with Gasteiger partial charge in [0, 0.05) is 20.3 Å². The number of carbonyl (C=O) groups is 1. The molecule has 0 atom stereocenters. The molecule has 1 aromatic rings. The molecule has 0 radical (unpaired) electrons. The molecule has 0 aliphatic rings. The summed E-state index contributed by atoms with van der Waals surface area (Å²) >= 11 is 4.85. The molecule has 1 aromatic heterocycles. The summed E-state index contributed by atoms with van der Waals surface area (Å²) in [4.78, 5) is 12.9. The summed E-state index contributed by atoms with van der Waals surface area (Å²) < 4.78 is 0.882.